The largest absolute Gasteiger partial charge is 0.449 e. The summed E-state index contributed by atoms with van der Waals surface area (Å²) < 4.78 is 31.0. The van der Waals surface area contributed by atoms with Crippen molar-refractivity contribution in [2.45, 2.75) is 38.2 Å². The lowest BCUT2D eigenvalue weighted by Crippen LogP contribution is -2.53. The van der Waals surface area contributed by atoms with Gasteiger partial charge < -0.3 is 14.7 Å². The average molecular weight is 237 g/mol. The number of rotatable bonds is 3. The van der Waals surface area contributed by atoms with Crippen LogP contribution in [0.1, 0.15) is 26.2 Å². The lowest BCUT2D eigenvalue weighted by atomic mass is 10.0. The maximum Gasteiger partial charge on any atom is 0.409 e. The van der Waals surface area contributed by atoms with Crippen molar-refractivity contribution in [2.24, 2.45) is 0 Å². The summed E-state index contributed by atoms with van der Waals surface area (Å²) in [5.41, 5.74) is 0. The fraction of sp³-hybridized carbons (Fsp3) is 0.900. The predicted molar refractivity (Wildman–Crippen MR) is 53.4 cm³/mol. The summed E-state index contributed by atoms with van der Waals surface area (Å²) in [5, 5.41) is 9.02. The van der Waals surface area contributed by atoms with E-state index in [9.17, 15) is 13.6 Å². The molecule has 0 bridgehead atoms. The van der Waals surface area contributed by atoms with E-state index >= 15 is 0 Å². The van der Waals surface area contributed by atoms with Gasteiger partial charge in [-0.3, -0.25) is 0 Å². The van der Waals surface area contributed by atoms with Crippen LogP contribution in [-0.2, 0) is 4.74 Å². The maximum atomic E-state index is 13.1. The normalized spacial score (nSPS) is 24.2. The SMILES string of the molecule is CCCCOC(=O)N1CCC(O)C(F)(F)C1. The van der Waals surface area contributed by atoms with Gasteiger partial charge in [0.25, 0.3) is 5.92 Å². The molecule has 1 aliphatic rings. The average Bonchev–Trinajstić information content (AvgIpc) is 2.22. The van der Waals surface area contributed by atoms with Gasteiger partial charge in [0.15, 0.2) is 0 Å². The van der Waals surface area contributed by atoms with Crippen LogP contribution in [0.2, 0.25) is 0 Å². The number of piperidine rings is 1. The molecule has 4 nitrogen and oxygen atoms in total. The van der Waals surface area contributed by atoms with E-state index in [-0.39, 0.29) is 19.6 Å². The van der Waals surface area contributed by atoms with E-state index < -0.39 is 24.7 Å². The van der Waals surface area contributed by atoms with Crippen LogP contribution in [-0.4, -0.2) is 47.8 Å². The zero-order valence-electron chi connectivity index (χ0n) is 9.29. The van der Waals surface area contributed by atoms with E-state index in [1.165, 1.54) is 0 Å². The second-order valence-electron chi connectivity index (χ2n) is 3.95. The third-order valence-corrected chi connectivity index (χ3v) is 2.54. The van der Waals surface area contributed by atoms with E-state index in [0.717, 1.165) is 17.7 Å². The summed E-state index contributed by atoms with van der Waals surface area (Å²) in [4.78, 5) is 12.3. The number of aliphatic hydroxyl groups is 1. The molecule has 0 aromatic heterocycles. The minimum absolute atomic E-state index is 0.113. The van der Waals surface area contributed by atoms with Crippen LogP contribution in [0.3, 0.4) is 0 Å². The smallest absolute Gasteiger partial charge is 0.409 e. The Morgan fingerprint density at radius 1 is 1.62 bits per heavy atom. The molecule has 1 atom stereocenters. The summed E-state index contributed by atoms with van der Waals surface area (Å²) in [7, 11) is 0. The number of nitrogens with zero attached hydrogens (tertiary/aromatic N) is 1. The van der Waals surface area contributed by atoms with Crippen LogP contribution >= 0.6 is 0 Å². The Labute approximate surface area is 93.2 Å². The number of halogens is 2. The van der Waals surface area contributed by atoms with Crippen molar-refractivity contribution in [3.8, 4) is 0 Å². The first-order valence-corrected chi connectivity index (χ1v) is 5.45. The Morgan fingerprint density at radius 2 is 2.31 bits per heavy atom. The van der Waals surface area contributed by atoms with Gasteiger partial charge in [0.2, 0.25) is 0 Å². The summed E-state index contributed by atoms with van der Waals surface area (Å²) in [5.74, 6) is -3.23. The third-order valence-electron chi connectivity index (χ3n) is 2.54. The molecule has 1 unspecified atom stereocenters. The molecule has 0 aromatic carbocycles. The van der Waals surface area contributed by atoms with Crippen molar-refractivity contribution in [3.05, 3.63) is 0 Å². The number of alkyl halides is 2. The van der Waals surface area contributed by atoms with Gasteiger partial charge in [0.1, 0.15) is 6.10 Å². The zero-order chi connectivity index (χ0) is 12.2. The van der Waals surface area contributed by atoms with E-state index in [0.29, 0.717) is 0 Å². The second-order valence-corrected chi connectivity index (χ2v) is 3.95. The Balaban J connectivity index is 2.40. The van der Waals surface area contributed by atoms with Gasteiger partial charge >= 0.3 is 6.09 Å². The maximum absolute atomic E-state index is 13.1. The molecule has 1 fully saturated rings. The highest BCUT2D eigenvalue weighted by Gasteiger charge is 2.45. The summed E-state index contributed by atoms with van der Waals surface area (Å²) in [6.45, 7) is 1.54. The van der Waals surface area contributed by atoms with E-state index in [4.69, 9.17) is 9.84 Å². The highest BCUT2D eigenvalue weighted by Crippen LogP contribution is 2.27. The fourth-order valence-corrected chi connectivity index (χ4v) is 1.48. The monoisotopic (exact) mass is 237 g/mol. The Kier molecular flexibility index (Phi) is 4.46. The predicted octanol–water partition coefficient (Wildman–Crippen LogP) is 1.62. The summed E-state index contributed by atoms with van der Waals surface area (Å²) in [6, 6.07) is 0. The van der Waals surface area contributed by atoms with Crippen LogP contribution in [0.4, 0.5) is 13.6 Å². The first-order valence-electron chi connectivity index (χ1n) is 5.45. The molecule has 0 radical (unpaired) electrons. The molecule has 1 aliphatic heterocycles. The van der Waals surface area contributed by atoms with Crippen LogP contribution in [0, 0.1) is 0 Å². The standard InChI is InChI=1S/C10H17F2NO3/c1-2-3-6-16-9(15)13-5-4-8(14)10(11,12)7-13/h8,14H,2-7H2,1H3. The van der Waals surface area contributed by atoms with Gasteiger partial charge in [0, 0.05) is 6.54 Å². The highest BCUT2D eigenvalue weighted by atomic mass is 19.3. The molecule has 0 saturated carbocycles. The minimum Gasteiger partial charge on any atom is -0.449 e. The second kappa shape index (κ2) is 5.43. The van der Waals surface area contributed by atoms with Crippen molar-refractivity contribution in [3.63, 3.8) is 0 Å². The number of carbonyl (C=O) groups is 1. The van der Waals surface area contributed by atoms with Crippen LogP contribution in [0.15, 0.2) is 0 Å². The van der Waals surface area contributed by atoms with E-state index in [1.807, 2.05) is 6.92 Å². The number of likely N-dealkylation sites (tertiary alicyclic amines) is 1. The number of aliphatic hydroxyl groups excluding tert-OH is 1. The molecule has 1 heterocycles. The molecule has 1 N–H and O–H groups in total. The molecule has 94 valence electrons. The van der Waals surface area contributed by atoms with Crippen LogP contribution in [0.5, 0.6) is 0 Å². The van der Waals surface area contributed by atoms with Gasteiger partial charge in [-0.05, 0) is 12.8 Å². The number of carbonyl (C=O) groups excluding carboxylic acids is 1. The Morgan fingerprint density at radius 3 is 2.88 bits per heavy atom. The van der Waals surface area contributed by atoms with Crippen molar-refractivity contribution in [2.75, 3.05) is 19.7 Å². The molecule has 0 spiro atoms. The molecule has 1 saturated heterocycles. The molecule has 6 heteroatoms. The number of hydrogen-bond donors (Lipinski definition) is 1. The first kappa shape index (κ1) is 13.2. The van der Waals surface area contributed by atoms with Crippen molar-refractivity contribution in [1.29, 1.82) is 0 Å². The van der Waals surface area contributed by atoms with E-state index in [2.05, 4.69) is 0 Å². The molecule has 1 rings (SSSR count). The van der Waals surface area contributed by atoms with Gasteiger partial charge in [-0.15, -0.1) is 0 Å². The highest BCUT2D eigenvalue weighted by molar-refractivity contribution is 5.67. The van der Waals surface area contributed by atoms with Gasteiger partial charge in [0.05, 0.1) is 13.2 Å². The lowest BCUT2D eigenvalue weighted by molar-refractivity contribution is -0.145. The molecule has 16 heavy (non-hydrogen) atoms. The Bertz CT molecular complexity index is 248. The van der Waals surface area contributed by atoms with Crippen LogP contribution < -0.4 is 0 Å². The topological polar surface area (TPSA) is 49.8 Å². The molecule has 0 aliphatic carbocycles. The fourth-order valence-electron chi connectivity index (χ4n) is 1.48. The van der Waals surface area contributed by atoms with Crippen molar-refractivity contribution < 1.29 is 23.4 Å². The number of hydrogen-bond acceptors (Lipinski definition) is 3. The zero-order valence-corrected chi connectivity index (χ0v) is 9.29. The van der Waals surface area contributed by atoms with Crippen molar-refractivity contribution in [1.82, 2.24) is 4.90 Å². The minimum atomic E-state index is -3.23. The first-order chi connectivity index (χ1) is 7.47. The van der Waals surface area contributed by atoms with Gasteiger partial charge in [-0.25, -0.2) is 13.6 Å². The number of ether oxygens (including phenoxy) is 1. The van der Waals surface area contributed by atoms with Gasteiger partial charge in [-0.2, -0.15) is 0 Å². The molecule has 0 aromatic rings. The number of unbranched alkanes of at least 4 members (excludes halogenated alkanes) is 1. The third kappa shape index (κ3) is 3.30. The number of amides is 1. The summed E-state index contributed by atoms with van der Waals surface area (Å²) >= 11 is 0. The lowest BCUT2D eigenvalue weighted by Gasteiger charge is -2.35. The molecular formula is C10H17F2NO3. The van der Waals surface area contributed by atoms with Crippen molar-refractivity contribution >= 4 is 6.09 Å². The van der Waals surface area contributed by atoms with Crippen LogP contribution in [0.25, 0.3) is 0 Å². The quantitative estimate of drug-likeness (QED) is 0.759. The summed E-state index contributed by atoms with van der Waals surface area (Å²) in [6.07, 6.45) is -0.899. The van der Waals surface area contributed by atoms with E-state index in [1.54, 1.807) is 0 Å². The molecule has 1 amide bonds. The molecular weight excluding hydrogens is 220 g/mol. The Hall–Kier alpha value is -0.910. The van der Waals surface area contributed by atoms with Gasteiger partial charge in [-0.1, -0.05) is 13.3 Å².